The molecule has 2 N–H and O–H groups in total. The number of carboxylic acids is 1. The van der Waals surface area contributed by atoms with E-state index in [2.05, 4.69) is 5.32 Å². The van der Waals surface area contributed by atoms with Crippen LogP contribution in [-0.2, 0) is 9.59 Å². The van der Waals surface area contributed by atoms with Gasteiger partial charge < -0.3 is 15.3 Å². The van der Waals surface area contributed by atoms with Crippen molar-refractivity contribution in [3.05, 3.63) is 0 Å². The lowest BCUT2D eigenvalue weighted by molar-refractivity contribution is -0.140. The van der Waals surface area contributed by atoms with Crippen molar-refractivity contribution in [1.29, 1.82) is 0 Å². The van der Waals surface area contributed by atoms with Crippen LogP contribution in [0.5, 0.6) is 0 Å². The maximum Gasteiger partial charge on any atom is 0.303 e. The fourth-order valence-electron chi connectivity index (χ4n) is 2.33. The zero-order valence-corrected chi connectivity index (χ0v) is 11.3. The van der Waals surface area contributed by atoms with E-state index < -0.39 is 5.97 Å². The Morgan fingerprint density at radius 2 is 2.17 bits per heavy atom. The molecule has 1 saturated heterocycles. The van der Waals surface area contributed by atoms with E-state index in [4.69, 9.17) is 5.11 Å². The first-order chi connectivity index (χ1) is 8.49. The molecule has 1 heterocycles. The summed E-state index contributed by atoms with van der Waals surface area (Å²) in [5.41, 5.74) is 0. The molecule has 0 aromatic heterocycles. The Morgan fingerprint density at radius 3 is 2.78 bits per heavy atom. The number of hydrogen-bond acceptors (Lipinski definition) is 3. The van der Waals surface area contributed by atoms with Gasteiger partial charge in [-0.05, 0) is 18.8 Å². The molecule has 1 atom stereocenters. The summed E-state index contributed by atoms with van der Waals surface area (Å²) in [6.45, 7) is 6.17. The Hall–Kier alpha value is -1.10. The van der Waals surface area contributed by atoms with Gasteiger partial charge in [0.2, 0.25) is 5.91 Å². The molecule has 0 saturated carbocycles. The van der Waals surface area contributed by atoms with Crippen LogP contribution in [0.4, 0.5) is 0 Å². The number of likely N-dealkylation sites (tertiary alicyclic amines) is 1. The monoisotopic (exact) mass is 256 g/mol. The van der Waals surface area contributed by atoms with Crippen molar-refractivity contribution >= 4 is 11.9 Å². The molecule has 1 aliphatic heterocycles. The third kappa shape index (κ3) is 5.49. The quantitative estimate of drug-likeness (QED) is 0.746. The third-order valence-electron chi connectivity index (χ3n) is 3.23. The van der Waals surface area contributed by atoms with Crippen LogP contribution in [0.3, 0.4) is 0 Å². The van der Waals surface area contributed by atoms with Crippen LogP contribution in [0, 0.1) is 5.92 Å². The maximum atomic E-state index is 11.9. The van der Waals surface area contributed by atoms with Crippen molar-refractivity contribution in [2.75, 3.05) is 19.6 Å². The highest BCUT2D eigenvalue weighted by Crippen LogP contribution is 2.20. The van der Waals surface area contributed by atoms with Crippen LogP contribution in [0.2, 0.25) is 0 Å². The van der Waals surface area contributed by atoms with Crippen molar-refractivity contribution in [2.24, 2.45) is 5.92 Å². The summed E-state index contributed by atoms with van der Waals surface area (Å²) in [7, 11) is 0. The fraction of sp³-hybridized carbons (Fsp3) is 0.846. The molecule has 0 aliphatic carbocycles. The third-order valence-corrected chi connectivity index (χ3v) is 3.23. The molecule has 104 valence electrons. The van der Waals surface area contributed by atoms with Crippen molar-refractivity contribution in [3.63, 3.8) is 0 Å². The van der Waals surface area contributed by atoms with E-state index in [1.165, 1.54) is 0 Å². The standard InChI is InChI=1S/C13H24N2O3/c1-10(2)14-6-5-12(16)15-7-3-4-11(9-15)8-13(17)18/h10-11,14H,3-9H2,1-2H3,(H,17,18). The van der Waals surface area contributed by atoms with Crippen LogP contribution < -0.4 is 5.32 Å². The molecule has 0 bridgehead atoms. The second kappa shape index (κ2) is 7.36. The van der Waals surface area contributed by atoms with Gasteiger partial charge in [0.15, 0.2) is 0 Å². The highest BCUT2D eigenvalue weighted by Gasteiger charge is 2.24. The number of piperidine rings is 1. The van der Waals surface area contributed by atoms with Crippen molar-refractivity contribution in [3.8, 4) is 0 Å². The number of nitrogens with zero attached hydrogens (tertiary/aromatic N) is 1. The minimum Gasteiger partial charge on any atom is -0.481 e. The number of carbonyl (C=O) groups excluding carboxylic acids is 1. The van der Waals surface area contributed by atoms with Crippen LogP contribution in [0.1, 0.15) is 39.5 Å². The molecule has 1 unspecified atom stereocenters. The van der Waals surface area contributed by atoms with E-state index in [9.17, 15) is 9.59 Å². The molecule has 1 fully saturated rings. The lowest BCUT2D eigenvalue weighted by atomic mass is 9.94. The molecular weight excluding hydrogens is 232 g/mol. The first kappa shape index (κ1) is 15.0. The van der Waals surface area contributed by atoms with Gasteiger partial charge >= 0.3 is 5.97 Å². The Morgan fingerprint density at radius 1 is 1.44 bits per heavy atom. The van der Waals surface area contributed by atoms with Gasteiger partial charge in [-0.25, -0.2) is 0 Å². The minimum absolute atomic E-state index is 0.123. The molecular formula is C13H24N2O3. The van der Waals surface area contributed by atoms with Gasteiger partial charge in [0, 0.05) is 38.5 Å². The van der Waals surface area contributed by atoms with Crippen LogP contribution in [0.25, 0.3) is 0 Å². The molecule has 18 heavy (non-hydrogen) atoms. The van der Waals surface area contributed by atoms with Gasteiger partial charge in [-0.15, -0.1) is 0 Å². The topological polar surface area (TPSA) is 69.6 Å². The summed E-state index contributed by atoms with van der Waals surface area (Å²) < 4.78 is 0. The van der Waals surface area contributed by atoms with E-state index in [0.717, 1.165) is 19.4 Å². The average Bonchev–Trinajstić information content (AvgIpc) is 2.27. The predicted molar refractivity (Wildman–Crippen MR) is 69.3 cm³/mol. The number of carbonyl (C=O) groups is 2. The smallest absolute Gasteiger partial charge is 0.303 e. The summed E-state index contributed by atoms with van der Waals surface area (Å²) in [5.74, 6) is -0.507. The van der Waals surface area contributed by atoms with E-state index in [1.54, 1.807) is 0 Å². The Kier molecular flexibility index (Phi) is 6.12. The predicted octanol–water partition coefficient (Wildman–Crippen LogP) is 1.09. The summed E-state index contributed by atoms with van der Waals surface area (Å²) in [6, 6.07) is 0.388. The summed E-state index contributed by atoms with van der Waals surface area (Å²) in [5, 5.41) is 12.0. The minimum atomic E-state index is -0.768. The van der Waals surface area contributed by atoms with E-state index >= 15 is 0 Å². The number of nitrogens with one attached hydrogen (secondary N) is 1. The SMILES string of the molecule is CC(C)NCCC(=O)N1CCCC(CC(=O)O)C1. The Balaban J connectivity index is 2.31. The van der Waals surface area contributed by atoms with Gasteiger partial charge in [-0.3, -0.25) is 9.59 Å². The number of carboxylic acid groups (broad SMARTS) is 1. The molecule has 1 amide bonds. The summed E-state index contributed by atoms with van der Waals surface area (Å²) in [6.07, 6.45) is 2.51. The van der Waals surface area contributed by atoms with Gasteiger partial charge in [0.25, 0.3) is 0 Å². The number of rotatable bonds is 6. The number of aliphatic carboxylic acids is 1. The second-order valence-corrected chi connectivity index (χ2v) is 5.30. The van der Waals surface area contributed by atoms with Gasteiger partial charge in [0.05, 0.1) is 0 Å². The second-order valence-electron chi connectivity index (χ2n) is 5.30. The first-order valence-corrected chi connectivity index (χ1v) is 6.72. The average molecular weight is 256 g/mol. The lowest BCUT2D eigenvalue weighted by Crippen LogP contribution is -2.41. The van der Waals surface area contributed by atoms with Crippen molar-refractivity contribution in [1.82, 2.24) is 10.2 Å². The fourth-order valence-corrected chi connectivity index (χ4v) is 2.33. The Labute approximate surface area is 109 Å². The highest BCUT2D eigenvalue weighted by molar-refractivity contribution is 5.76. The van der Waals surface area contributed by atoms with E-state index in [0.29, 0.717) is 25.6 Å². The maximum absolute atomic E-state index is 11.9. The Bertz CT molecular complexity index is 292. The largest absolute Gasteiger partial charge is 0.481 e. The summed E-state index contributed by atoms with van der Waals surface area (Å²) >= 11 is 0. The van der Waals surface area contributed by atoms with Crippen LogP contribution in [0.15, 0.2) is 0 Å². The van der Waals surface area contributed by atoms with Gasteiger partial charge in [-0.2, -0.15) is 0 Å². The zero-order chi connectivity index (χ0) is 13.5. The van der Waals surface area contributed by atoms with E-state index in [1.807, 2.05) is 18.7 Å². The summed E-state index contributed by atoms with van der Waals surface area (Å²) in [4.78, 5) is 24.4. The first-order valence-electron chi connectivity index (χ1n) is 6.72. The molecule has 0 aromatic carbocycles. The van der Waals surface area contributed by atoms with Crippen molar-refractivity contribution in [2.45, 2.75) is 45.6 Å². The molecule has 0 radical (unpaired) electrons. The van der Waals surface area contributed by atoms with Crippen LogP contribution >= 0.6 is 0 Å². The molecule has 5 heteroatoms. The van der Waals surface area contributed by atoms with Crippen molar-refractivity contribution < 1.29 is 14.7 Å². The number of hydrogen-bond donors (Lipinski definition) is 2. The zero-order valence-electron chi connectivity index (χ0n) is 11.3. The molecule has 0 spiro atoms. The van der Waals surface area contributed by atoms with Gasteiger partial charge in [0.1, 0.15) is 0 Å². The molecule has 1 rings (SSSR count). The van der Waals surface area contributed by atoms with E-state index in [-0.39, 0.29) is 18.2 Å². The van der Waals surface area contributed by atoms with Crippen LogP contribution in [-0.4, -0.2) is 47.6 Å². The molecule has 5 nitrogen and oxygen atoms in total. The number of amides is 1. The molecule has 0 aromatic rings. The van der Waals surface area contributed by atoms with Gasteiger partial charge in [-0.1, -0.05) is 13.8 Å². The lowest BCUT2D eigenvalue weighted by Gasteiger charge is -2.32. The highest BCUT2D eigenvalue weighted by atomic mass is 16.4. The normalized spacial score (nSPS) is 20.2. The molecule has 1 aliphatic rings.